The lowest BCUT2D eigenvalue weighted by Crippen LogP contribution is -1.95. The minimum absolute atomic E-state index is 0.405. The molecule has 3 nitrogen and oxygen atoms in total. The third-order valence-corrected chi connectivity index (χ3v) is 3.92. The molecule has 1 N–H and O–H groups in total. The fraction of sp³-hybridized carbons (Fsp3) is 0.667. The number of aromatic nitrogens is 1. The first-order valence-electron chi connectivity index (χ1n) is 8.39. The molecule has 0 fully saturated rings. The highest BCUT2D eigenvalue weighted by Gasteiger charge is 1.98. The molecule has 0 bridgehead atoms. The highest BCUT2D eigenvalue weighted by Crippen LogP contribution is 2.13. The minimum atomic E-state index is 0.405. The van der Waals surface area contributed by atoms with E-state index in [0.29, 0.717) is 5.92 Å². The molecule has 3 heteroatoms. The van der Waals surface area contributed by atoms with Crippen LogP contribution in [0.3, 0.4) is 0 Å². The summed E-state index contributed by atoms with van der Waals surface area (Å²) in [6.07, 6.45) is 18.3. The summed E-state index contributed by atoms with van der Waals surface area (Å²) in [7, 11) is 0. The Balaban J connectivity index is 1.83. The van der Waals surface area contributed by atoms with Crippen LogP contribution in [0.2, 0.25) is 0 Å². The normalized spacial score (nSPS) is 12.8. The Morgan fingerprint density at radius 3 is 2.38 bits per heavy atom. The molecule has 1 rings (SSSR count). The van der Waals surface area contributed by atoms with E-state index < -0.39 is 0 Å². The Morgan fingerprint density at radius 2 is 1.76 bits per heavy atom. The third-order valence-electron chi connectivity index (χ3n) is 3.92. The van der Waals surface area contributed by atoms with E-state index in [2.05, 4.69) is 23.1 Å². The Hall–Kier alpha value is -1.38. The summed E-state index contributed by atoms with van der Waals surface area (Å²) >= 11 is 0. The van der Waals surface area contributed by atoms with Crippen molar-refractivity contribution >= 4 is 6.21 Å². The smallest absolute Gasteiger partial charge is 0.0464 e. The molecule has 0 aromatic carbocycles. The zero-order valence-corrected chi connectivity index (χ0v) is 13.4. The van der Waals surface area contributed by atoms with E-state index in [4.69, 9.17) is 5.21 Å². The molecule has 0 radical (unpaired) electrons. The van der Waals surface area contributed by atoms with E-state index in [9.17, 15) is 0 Å². The second-order valence-corrected chi connectivity index (χ2v) is 5.97. The van der Waals surface area contributed by atoms with Crippen molar-refractivity contribution < 1.29 is 5.21 Å². The first-order chi connectivity index (χ1) is 10.3. The van der Waals surface area contributed by atoms with Gasteiger partial charge in [0.05, 0.1) is 0 Å². The van der Waals surface area contributed by atoms with E-state index in [0.717, 1.165) is 12.8 Å². The number of hydrogen-bond acceptors (Lipinski definition) is 3. The fourth-order valence-corrected chi connectivity index (χ4v) is 2.59. The zero-order chi connectivity index (χ0) is 15.2. The molecule has 0 aliphatic carbocycles. The quantitative estimate of drug-likeness (QED) is 0.248. The van der Waals surface area contributed by atoms with Gasteiger partial charge >= 0.3 is 0 Å². The first kappa shape index (κ1) is 17.7. The van der Waals surface area contributed by atoms with E-state index in [1.54, 1.807) is 6.21 Å². The average molecular weight is 290 g/mol. The zero-order valence-electron chi connectivity index (χ0n) is 13.4. The molecule has 0 spiro atoms. The van der Waals surface area contributed by atoms with Crippen LogP contribution in [0.25, 0.3) is 0 Å². The van der Waals surface area contributed by atoms with Gasteiger partial charge in [-0.2, -0.15) is 0 Å². The number of aryl methyl sites for hydroxylation is 1. The molecular weight excluding hydrogens is 260 g/mol. The van der Waals surface area contributed by atoms with Gasteiger partial charge in [0.2, 0.25) is 0 Å². The molecule has 21 heavy (non-hydrogen) atoms. The van der Waals surface area contributed by atoms with Crippen molar-refractivity contribution in [2.45, 2.75) is 71.1 Å². The van der Waals surface area contributed by atoms with Gasteiger partial charge in [-0.05, 0) is 36.8 Å². The van der Waals surface area contributed by atoms with Crippen LogP contribution in [-0.4, -0.2) is 16.4 Å². The number of rotatable bonds is 12. The van der Waals surface area contributed by atoms with Crippen molar-refractivity contribution in [2.75, 3.05) is 0 Å². The lowest BCUT2D eigenvalue weighted by molar-refractivity contribution is 0.318. The van der Waals surface area contributed by atoms with Gasteiger partial charge in [-0.15, -0.1) is 5.16 Å². The van der Waals surface area contributed by atoms with Crippen molar-refractivity contribution in [1.82, 2.24) is 4.98 Å². The van der Waals surface area contributed by atoms with Crippen molar-refractivity contribution in [2.24, 2.45) is 11.1 Å². The van der Waals surface area contributed by atoms with Crippen LogP contribution in [0.15, 0.2) is 29.7 Å². The van der Waals surface area contributed by atoms with E-state index in [1.165, 1.54) is 56.9 Å². The topological polar surface area (TPSA) is 45.5 Å². The second-order valence-electron chi connectivity index (χ2n) is 5.97. The molecule has 0 aliphatic rings. The Bertz CT molecular complexity index is 365. The van der Waals surface area contributed by atoms with Crippen LogP contribution in [0, 0.1) is 5.92 Å². The summed E-state index contributed by atoms with van der Waals surface area (Å²) in [5, 5.41) is 11.5. The Labute approximate surface area is 129 Å². The minimum Gasteiger partial charge on any atom is -0.411 e. The molecule has 0 aliphatic heterocycles. The molecule has 1 unspecified atom stereocenters. The Kier molecular flexibility index (Phi) is 10.4. The number of pyridine rings is 1. The van der Waals surface area contributed by atoms with E-state index in [-0.39, 0.29) is 0 Å². The third kappa shape index (κ3) is 10.1. The van der Waals surface area contributed by atoms with Gasteiger partial charge < -0.3 is 5.21 Å². The standard InChI is InChI=1S/C18H30N2O/c1-17(15-20-21)11-8-6-4-2-3-5-7-9-12-18-13-10-14-19-16-18/h10,13-17,21H,2-9,11-12H2,1H3. The van der Waals surface area contributed by atoms with Crippen molar-refractivity contribution in [3.8, 4) is 0 Å². The van der Waals surface area contributed by atoms with Crippen LogP contribution >= 0.6 is 0 Å². The van der Waals surface area contributed by atoms with Crippen LogP contribution < -0.4 is 0 Å². The maximum atomic E-state index is 8.42. The van der Waals surface area contributed by atoms with Gasteiger partial charge in [0.1, 0.15) is 0 Å². The maximum absolute atomic E-state index is 8.42. The summed E-state index contributed by atoms with van der Waals surface area (Å²) in [5.41, 5.74) is 1.36. The fourth-order valence-electron chi connectivity index (χ4n) is 2.59. The Morgan fingerprint density at radius 1 is 1.10 bits per heavy atom. The lowest BCUT2D eigenvalue weighted by Gasteiger charge is -2.05. The lowest BCUT2D eigenvalue weighted by atomic mass is 10.0. The summed E-state index contributed by atoms with van der Waals surface area (Å²) < 4.78 is 0. The van der Waals surface area contributed by atoms with Gasteiger partial charge in [0.25, 0.3) is 0 Å². The molecule has 0 amide bonds. The van der Waals surface area contributed by atoms with Crippen LogP contribution in [0.1, 0.15) is 70.3 Å². The van der Waals surface area contributed by atoms with Crippen molar-refractivity contribution in [3.63, 3.8) is 0 Å². The summed E-state index contributed by atoms with van der Waals surface area (Å²) in [5.74, 6) is 0.405. The first-order valence-corrected chi connectivity index (χ1v) is 8.39. The molecule has 1 atom stereocenters. The number of nitrogens with zero attached hydrogens (tertiary/aromatic N) is 2. The molecule has 0 saturated carbocycles. The molecular formula is C18H30N2O. The summed E-state index contributed by atoms with van der Waals surface area (Å²) in [6, 6.07) is 4.18. The average Bonchev–Trinajstić information content (AvgIpc) is 2.50. The van der Waals surface area contributed by atoms with Crippen LogP contribution in [0.5, 0.6) is 0 Å². The number of unbranched alkanes of at least 4 members (excludes halogenated alkanes) is 7. The van der Waals surface area contributed by atoms with Gasteiger partial charge in [-0.25, -0.2) is 0 Å². The number of oxime groups is 1. The SMILES string of the molecule is CC(C=NO)CCCCCCCCCCc1cccnc1. The van der Waals surface area contributed by atoms with Crippen LogP contribution in [0.4, 0.5) is 0 Å². The molecule has 118 valence electrons. The van der Waals surface area contributed by atoms with Gasteiger partial charge in [0.15, 0.2) is 0 Å². The summed E-state index contributed by atoms with van der Waals surface area (Å²) in [6.45, 7) is 2.10. The second kappa shape index (κ2) is 12.4. The predicted octanol–water partition coefficient (Wildman–Crippen LogP) is 5.23. The highest BCUT2D eigenvalue weighted by atomic mass is 16.4. The molecule has 0 saturated heterocycles. The van der Waals surface area contributed by atoms with Crippen molar-refractivity contribution in [1.29, 1.82) is 0 Å². The molecule has 1 aromatic rings. The summed E-state index contributed by atoms with van der Waals surface area (Å²) in [4.78, 5) is 4.14. The molecule has 1 aromatic heterocycles. The molecule has 1 heterocycles. The maximum Gasteiger partial charge on any atom is 0.0464 e. The van der Waals surface area contributed by atoms with Gasteiger partial charge in [0, 0.05) is 18.6 Å². The highest BCUT2D eigenvalue weighted by molar-refractivity contribution is 5.58. The van der Waals surface area contributed by atoms with Crippen molar-refractivity contribution in [3.05, 3.63) is 30.1 Å². The van der Waals surface area contributed by atoms with Gasteiger partial charge in [-0.1, -0.05) is 57.9 Å². The van der Waals surface area contributed by atoms with E-state index in [1.807, 2.05) is 18.5 Å². The van der Waals surface area contributed by atoms with Crippen LogP contribution in [-0.2, 0) is 6.42 Å². The number of hydrogen-bond donors (Lipinski definition) is 1. The van der Waals surface area contributed by atoms with Gasteiger partial charge in [-0.3, -0.25) is 4.98 Å². The largest absolute Gasteiger partial charge is 0.411 e. The monoisotopic (exact) mass is 290 g/mol. The van der Waals surface area contributed by atoms with E-state index >= 15 is 0 Å². The predicted molar refractivity (Wildman–Crippen MR) is 88.9 cm³/mol.